The van der Waals surface area contributed by atoms with E-state index in [0.29, 0.717) is 17.7 Å². The van der Waals surface area contributed by atoms with E-state index in [-0.39, 0.29) is 5.69 Å². The SMILES string of the molecule is COC(=O)C(F)(c1ccnc(N(Cc2ccc(OC)cc2)SC2CC2)n1)C(C)C. The highest BCUT2D eigenvalue weighted by Crippen LogP contribution is 2.40. The fourth-order valence-corrected chi connectivity index (χ4v) is 3.97. The first kappa shape index (κ1) is 21.4. The van der Waals surface area contributed by atoms with Crippen LogP contribution in [0.1, 0.15) is 37.9 Å². The number of carbonyl (C=O) groups excluding carboxylic acids is 1. The summed E-state index contributed by atoms with van der Waals surface area (Å²) in [6.07, 6.45) is 3.75. The molecule has 8 heteroatoms. The Bertz CT molecular complexity index is 845. The molecule has 1 aliphatic rings. The fourth-order valence-electron chi connectivity index (χ4n) is 2.86. The van der Waals surface area contributed by atoms with Crippen LogP contribution < -0.4 is 9.04 Å². The van der Waals surface area contributed by atoms with Gasteiger partial charge in [0.05, 0.1) is 26.5 Å². The normalized spacial score (nSPS) is 15.7. The molecule has 1 heterocycles. The number of carbonyl (C=O) groups is 1. The second-order valence-electron chi connectivity index (χ2n) is 7.29. The maximum absolute atomic E-state index is 15.7. The molecule has 1 atom stereocenters. The van der Waals surface area contributed by atoms with E-state index >= 15 is 4.39 Å². The number of nitrogens with zero attached hydrogens (tertiary/aromatic N) is 3. The average Bonchev–Trinajstić information content (AvgIpc) is 3.56. The van der Waals surface area contributed by atoms with Crippen LogP contribution in [0.4, 0.5) is 10.3 Å². The Hall–Kier alpha value is -2.35. The summed E-state index contributed by atoms with van der Waals surface area (Å²) in [6.45, 7) is 3.81. The number of hydrogen-bond acceptors (Lipinski definition) is 7. The number of rotatable bonds is 9. The predicted octanol–water partition coefficient (Wildman–Crippen LogP) is 4.30. The summed E-state index contributed by atoms with van der Waals surface area (Å²) in [5.74, 6) is -0.426. The second kappa shape index (κ2) is 8.98. The van der Waals surface area contributed by atoms with Crippen LogP contribution in [0.5, 0.6) is 5.75 Å². The minimum atomic E-state index is -2.33. The van der Waals surface area contributed by atoms with Gasteiger partial charge in [0.2, 0.25) is 5.95 Å². The molecule has 29 heavy (non-hydrogen) atoms. The van der Waals surface area contributed by atoms with Gasteiger partial charge in [-0.2, -0.15) is 0 Å². The molecule has 0 aliphatic heterocycles. The molecule has 0 saturated heterocycles. The van der Waals surface area contributed by atoms with Gasteiger partial charge >= 0.3 is 5.97 Å². The lowest BCUT2D eigenvalue weighted by molar-refractivity contribution is -0.159. The van der Waals surface area contributed by atoms with Crippen molar-refractivity contribution in [3.8, 4) is 5.75 Å². The molecule has 6 nitrogen and oxygen atoms in total. The predicted molar refractivity (Wildman–Crippen MR) is 111 cm³/mol. The molecule has 1 aromatic heterocycles. The maximum atomic E-state index is 15.7. The smallest absolute Gasteiger partial charge is 0.350 e. The highest BCUT2D eigenvalue weighted by Gasteiger charge is 2.47. The lowest BCUT2D eigenvalue weighted by Crippen LogP contribution is -2.38. The molecule has 1 aromatic carbocycles. The van der Waals surface area contributed by atoms with Crippen LogP contribution in [0.2, 0.25) is 0 Å². The van der Waals surface area contributed by atoms with Crippen LogP contribution in [0.25, 0.3) is 0 Å². The van der Waals surface area contributed by atoms with Crippen LogP contribution in [0, 0.1) is 5.92 Å². The Kier molecular flexibility index (Phi) is 6.62. The first-order valence-electron chi connectivity index (χ1n) is 9.56. The summed E-state index contributed by atoms with van der Waals surface area (Å²) in [5.41, 5.74) is -1.26. The quantitative estimate of drug-likeness (QED) is 0.444. The molecule has 0 amide bonds. The van der Waals surface area contributed by atoms with E-state index in [4.69, 9.17) is 9.47 Å². The average molecular weight is 420 g/mol. The molecular formula is C21H26FN3O3S. The van der Waals surface area contributed by atoms with E-state index in [1.165, 1.54) is 19.4 Å². The number of alkyl halides is 1. The van der Waals surface area contributed by atoms with Gasteiger partial charge in [0.1, 0.15) is 5.75 Å². The third-order valence-electron chi connectivity index (χ3n) is 4.80. The van der Waals surface area contributed by atoms with Gasteiger partial charge in [0.15, 0.2) is 0 Å². The summed E-state index contributed by atoms with van der Waals surface area (Å²) in [6, 6.07) is 9.19. The monoisotopic (exact) mass is 419 g/mol. The van der Waals surface area contributed by atoms with Gasteiger partial charge in [0.25, 0.3) is 5.67 Å². The molecular weight excluding hydrogens is 393 g/mol. The van der Waals surface area contributed by atoms with E-state index in [1.807, 2.05) is 28.6 Å². The molecule has 0 N–H and O–H groups in total. The highest BCUT2D eigenvalue weighted by molar-refractivity contribution is 8.01. The maximum Gasteiger partial charge on any atom is 0.350 e. The number of halogens is 1. The Morgan fingerprint density at radius 2 is 1.97 bits per heavy atom. The van der Waals surface area contributed by atoms with Crippen molar-refractivity contribution in [3.63, 3.8) is 0 Å². The van der Waals surface area contributed by atoms with Crippen LogP contribution in [-0.2, 0) is 21.7 Å². The molecule has 1 unspecified atom stereocenters. The lowest BCUT2D eigenvalue weighted by Gasteiger charge is -2.27. The van der Waals surface area contributed by atoms with Crippen LogP contribution in [-0.4, -0.2) is 35.4 Å². The van der Waals surface area contributed by atoms with Crippen molar-refractivity contribution in [1.82, 2.24) is 9.97 Å². The van der Waals surface area contributed by atoms with Gasteiger partial charge in [-0.05, 0) is 48.6 Å². The van der Waals surface area contributed by atoms with Gasteiger partial charge in [-0.3, -0.25) is 4.31 Å². The largest absolute Gasteiger partial charge is 0.497 e. The molecule has 1 aliphatic carbocycles. The van der Waals surface area contributed by atoms with Crippen molar-refractivity contribution in [1.29, 1.82) is 0 Å². The molecule has 156 valence electrons. The zero-order valence-corrected chi connectivity index (χ0v) is 17.9. The van der Waals surface area contributed by atoms with Crippen LogP contribution in [0.3, 0.4) is 0 Å². The van der Waals surface area contributed by atoms with Crippen molar-refractivity contribution in [3.05, 3.63) is 47.8 Å². The minimum Gasteiger partial charge on any atom is -0.497 e. The summed E-state index contributed by atoms with van der Waals surface area (Å²) >= 11 is 1.65. The fraction of sp³-hybridized carbons (Fsp3) is 0.476. The summed E-state index contributed by atoms with van der Waals surface area (Å²) in [7, 11) is 2.81. The standard InChI is InChI=1S/C21H26FN3O3S/c1-14(2)21(22,19(26)28-4)18-11-12-23-20(24-18)25(29-17-9-10-17)13-15-5-7-16(27-3)8-6-15/h5-8,11-12,14,17H,9-10,13H2,1-4H3. The van der Waals surface area contributed by atoms with Crippen molar-refractivity contribution in [2.24, 2.45) is 5.92 Å². The lowest BCUT2D eigenvalue weighted by atomic mass is 9.89. The number of anilines is 1. The van der Waals surface area contributed by atoms with Gasteiger partial charge in [-0.15, -0.1) is 0 Å². The Morgan fingerprint density at radius 1 is 1.28 bits per heavy atom. The zero-order valence-electron chi connectivity index (χ0n) is 17.1. The molecule has 2 aromatic rings. The zero-order chi connectivity index (χ0) is 21.0. The van der Waals surface area contributed by atoms with Crippen LogP contribution in [0.15, 0.2) is 36.5 Å². The number of esters is 1. The summed E-state index contributed by atoms with van der Waals surface area (Å²) in [5, 5.41) is 0.501. The van der Waals surface area contributed by atoms with E-state index in [0.717, 1.165) is 24.2 Å². The van der Waals surface area contributed by atoms with Crippen molar-refractivity contribution in [2.45, 2.75) is 44.2 Å². The number of aromatic nitrogens is 2. The molecule has 0 radical (unpaired) electrons. The molecule has 0 spiro atoms. The van der Waals surface area contributed by atoms with E-state index in [2.05, 4.69) is 9.97 Å². The Morgan fingerprint density at radius 3 is 2.52 bits per heavy atom. The van der Waals surface area contributed by atoms with E-state index < -0.39 is 17.6 Å². The summed E-state index contributed by atoms with van der Waals surface area (Å²) < 4.78 is 27.6. The number of hydrogen-bond donors (Lipinski definition) is 0. The Labute approximate surface area is 175 Å². The van der Waals surface area contributed by atoms with E-state index in [9.17, 15) is 4.79 Å². The van der Waals surface area contributed by atoms with Crippen LogP contribution >= 0.6 is 11.9 Å². The molecule has 0 bridgehead atoms. The van der Waals surface area contributed by atoms with Gasteiger partial charge in [-0.25, -0.2) is 19.2 Å². The first-order chi connectivity index (χ1) is 13.9. The third kappa shape index (κ3) is 4.80. The van der Waals surface area contributed by atoms with E-state index in [1.54, 1.807) is 32.9 Å². The van der Waals surface area contributed by atoms with Crippen molar-refractivity contribution < 1.29 is 18.7 Å². The minimum absolute atomic E-state index is 0.0143. The highest BCUT2D eigenvalue weighted by atomic mass is 32.2. The topological polar surface area (TPSA) is 64.5 Å². The second-order valence-corrected chi connectivity index (χ2v) is 8.61. The van der Waals surface area contributed by atoms with Crippen molar-refractivity contribution >= 4 is 23.9 Å². The number of ether oxygens (including phenoxy) is 2. The van der Waals surface area contributed by atoms with Crippen molar-refractivity contribution in [2.75, 3.05) is 18.5 Å². The first-order valence-corrected chi connectivity index (χ1v) is 10.4. The number of methoxy groups -OCH3 is 2. The summed E-state index contributed by atoms with van der Waals surface area (Å²) in [4.78, 5) is 21.0. The molecule has 1 saturated carbocycles. The molecule has 1 fully saturated rings. The number of benzene rings is 1. The van der Waals surface area contributed by atoms with Gasteiger partial charge < -0.3 is 9.47 Å². The third-order valence-corrected chi connectivity index (χ3v) is 6.12. The molecule has 3 rings (SSSR count). The Balaban J connectivity index is 1.91. The van der Waals surface area contributed by atoms with Gasteiger partial charge in [0, 0.05) is 17.4 Å². The van der Waals surface area contributed by atoms with Gasteiger partial charge in [-0.1, -0.05) is 26.0 Å².